The third kappa shape index (κ3) is 1.87. The number of benzene rings is 1. The van der Waals surface area contributed by atoms with E-state index in [2.05, 4.69) is 4.74 Å². The summed E-state index contributed by atoms with van der Waals surface area (Å²) in [5, 5.41) is 0. The lowest BCUT2D eigenvalue weighted by Crippen LogP contribution is -2.20. The number of methoxy groups -OCH3 is 1. The fraction of sp³-hybridized carbons (Fsp3) is 0.167. The van der Waals surface area contributed by atoms with Crippen LogP contribution in [0, 0.1) is 0 Å². The van der Waals surface area contributed by atoms with Crippen molar-refractivity contribution in [3.8, 4) is 5.69 Å². The van der Waals surface area contributed by atoms with Crippen molar-refractivity contribution in [2.24, 2.45) is 7.05 Å². The maximum absolute atomic E-state index is 11.8. The lowest BCUT2D eigenvalue weighted by atomic mass is 10.3. The van der Waals surface area contributed by atoms with Crippen molar-refractivity contribution < 1.29 is 9.53 Å². The molecule has 1 heterocycles. The van der Waals surface area contributed by atoms with Crippen LogP contribution in [0.3, 0.4) is 0 Å². The lowest BCUT2D eigenvalue weighted by molar-refractivity contribution is 0.0587. The average molecular weight is 232 g/mol. The van der Waals surface area contributed by atoms with E-state index in [0.717, 1.165) is 0 Å². The first-order valence-corrected chi connectivity index (χ1v) is 5.08. The van der Waals surface area contributed by atoms with Gasteiger partial charge >= 0.3 is 5.97 Å². The molecule has 0 aliphatic carbocycles. The molecule has 0 atom stereocenters. The average Bonchev–Trinajstić information content (AvgIpc) is 2.65. The third-order valence-electron chi connectivity index (χ3n) is 2.51. The molecule has 2 rings (SSSR count). The van der Waals surface area contributed by atoms with E-state index >= 15 is 0 Å². The fourth-order valence-electron chi connectivity index (χ4n) is 1.69. The van der Waals surface area contributed by atoms with E-state index < -0.39 is 5.97 Å². The van der Waals surface area contributed by atoms with Crippen LogP contribution in [0.25, 0.3) is 5.69 Å². The van der Waals surface area contributed by atoms with Gasteiger partial charge in [-0.2, -0.15) is 0 Å². The van der Waals surface area contributed by atoms with Crippen molar-refractivity contribution in [3.63, 3.8) is 0 Å². The second-order valence-corrected chi connectivity index (χ2v) is 3.53. The third-order valence-corrected chi connectivity index (χ3v) is 2.51. The fourth-order valence-corrected chi connectivity index (χ4v) is 1.69. The number of esters is 1. The molecule has 0 radical (unpaired) electrons. The molecule has 17 heavy (non-hydrogen) atoms. The maximum atomic E-state index is 11.8. The number of aromatic nitrogens is 2. The van der Waals surface area contributed by atoms with E-state index in [9.17, 15) is 9.59 Å². The topological polar surface area (TPSA) is 53.2 Å². The molecule has 88 valence electrons. The highest BCUT2D eigenvalue weighted by molar-refractivity contribution is 5.87. The van der Waals surface area contributed by atoms with Crippen LogP contribution < -0.4 is 5.56 Å². The number of nitrogens with zero attached hydrogens (tertiary/aromatic N) is 2. The van der Waals surface area contributed by atoms with Crippen LogP contribution >= 0.6 is 0 Å². The largest absolute Gasteiger partial charge is 0.464 e. The van der Waals surface area contributed by atoms with Crippen molar-refractivity contribution >= 4 is 5.97 Å². The molecule has 5 heteroatoms. The Kier molecular flexibility index (Phi) is 2.82. The van der Waals surface area contributed by atoms with Gasteiger partial charge in [-0.3, -0.25) is 9.48 Å². The van der Waals surface area contributed by atoms with Crippen LogP contribution in [-0.4, -0.2) is 22.4 Å². The summed E-state index contributed by atoms with van der Waals surface area (Å²) < 4.78 is 7.49. The van der Waals surface area contributed by atoms with Gasteiger partial charge in [0.25, 0.3) is 5.56 Å². The number of para-hydroxylation sites is 1. The van der Waals surface area contributed by atoms with Crippen molar-refractivity contribution in [1.82, 2.24) is 9.36 Å². The monoisotopic (exact) mass is 232 g/mol. The minimum atomic E-state index is -0.528. The number of ether oxygens (including phenoxy) is 1. The second kappa shape index (κ2) is 4.29. The molecule has 0 unspecified atom stereocenters. The maximum Gasteiger partial charge on any atom is 0.356 e. The molecule has 0 saturated carbocycles. The number of rotatable bonds is 2. The summed E-state index contributed by atoms with van der Waals surface area (Å²) in [6.07, 6.45) is 0. The zero-order chi connectivity index (χ0) is 12.4. The second-order valence-electron chi connectivity index (χ2n) is 3.53. The molecule has 0 aliphatic rings. The first kappa shape index (κ1) is 11.2. The molecule has 1 aromatic heterocycles. The first-order chi connectivity index (χ1) is 8.15. The molecule has 5 nitrogen and oxygen atoms in total. The Morgan fingerprint density at radius 2 is 1.88 bits per heavy atom. The van der Waals surface area contributed by atoms with Gasteiger partial charge in [0.15, 0.2) is 0 Å². The van der Waals surface area contributed by atoms with Crippen LogP contribution in [0.4, 0.5) is 0 Å². The summed E-state index contributed by atoms with van der Waals surface area (Å²) in [6.45, 7) is 0. The van der Waals surface area contributed by atoms with E-state index in [0.29, 0.717) is 5.69 Å². The molecular formula is C12H12N2O3. The van der Waals surface area contributed by atoms with Crippen LogP contribution in [0.15, 0.2) is 41.2 Å². The predicted octanol–water partition coefficient (Wildman–Crippen LogP) is 0.963. The SMILES string of the molecule is COC(=O)c1cc(=O)n(-c2ccccc2)n1C. The highest BCUT2D eigenvalue weighted by Gasteiger charge is 2.16. The summed E-state index contributed by atoms with van der Waals surface area (Å²) in [4.78, 5) is 23.3. The predicted molar refractivity (Wildman–Crippen MR) is 62.3 cm³/mol. The molecule has 0 aliphatic heterocycles. The normalized spacial score (nSPS) is 10.2. The first-order valence-electron chi connectivity index (χ1n) is 5.08. The smallest absolute Gasteiger partial charge is 0.356 e. The molecule has 0 saturated heterocycles. The molecule has 1 aromatic carbocycles. The number of carbonyl (C=O) groups excluding carboxylic acids is 1. The van der Waals surface area contributed by atoms with Crippen molar-refractivity contribution in [3.05, 3.63) is 52.4 Å². The zero-order valence-corrected chi connectivity index (χ0v) is 9.58. The van der Waals surface area contributed by atoms with Gasteiger partial charge in [0.05, 0.1) is 12.8 Å². The Morgan fingerprint density at radius 1 is 1.24 bits per heavy atom. The van der Waals surface area contributed by atoms with Gasteiger partial charge in [0.1, 0.15) is 5.69 Å². The summed E-state index contributed by atoms with van der Waals surface area (Å²) in [6, 6.07) is 10.4. The number of carbonyl (C=O) groups is 1. The molecule has 0 bridgehead atoms. The van der Waals surface area contributed by atoms with Crippen molar-refractivity contribution in [1.29, 1.82) is 0 Å². The van der Waals surface area contributed by atoms with E-state index in [4.69, 9.17) is 0 Å². The molecule has 0 N–H and O–H groups in total. The van der Waals surface area contributed by atoms with Gasteiger partial charge in [-0.15, -0.1) is 0 Å². The Labute approximate surface area is 97.8 Å². The Hall–Kier alpha value is -2.30. The summed E-state index contributed by atoms with van der Waals surface area (Å²) in [5.41, 5.74) is 0.663. The van der Waals surface area contributed by atoms with E-state index in [1.807, 2.05) is 18.2 Å². The van der Waals surface area contributed by atoms with Gasteiger partial charge in [-0.05, 0) is 12.1 Å². The molecule has 2 aromatic rings. The summed E-state index contributed by atoms with van der Waals surface area (Å²) in [5.74, 6) is -0.528. The van der Waals surface area contributed by atoms with Crippen LogP contribution in [0.1, 0.15) is 10.5 Å². The summed E-state index contributed by atoms with van der Waals surface area (Å²) in [7, 11) is 2.92. The molecule has 0 amide bonds. The van der Waals surface area contributed by atoms with Crippen molar-refractivity contribution in [2.75, 3.05) is 7.11 Å². The highest BCUT2D eigenvalue weighted by Crippen LogP contribution is 2.06. The zero-order valence-electron chi connectivity index (χ0n) is 9.58. The number of hydrogen-bond acceptors (Lipinski definition) is 3. The van der Waals surface area contributed by atoms with E-state index in [1.165, 1.54) is 22.5 Å². The highest BCUT2D eigenvalue weighted by atomic mass is 16.5. The van der Waals surface area contributed by atoms with E-state index in [1.54, 1.807) is 19.2 Å². The van der Waals surface area contributed by atoms with Gasteiger partial charge < -0.3 is 4.74 Å². The minimum Gasteiger partial charge on any atom is -0.464 e. The standard InChI is InChI=1S/C12H12N2O3/c1-13-10(12(16)17-2)8-11(15)14(13)9-6-4-3-5-7-9/h3-8H,1-2H3. The summed E-state index contributed by atoms with van der Waals surface area (Å²) >= 11 is 0. The van der Waals surface area contributed by atoms with E-state index in [-0.39, 0.29) is 11.3 Å². The Bertz CT molecular complexity index is 596. The van der Waals surface area contributed by atoms with Gasteiger partial charge in [0.2, 0.25) is 0 Å². The molecule has 0 spiro atoms. The lowest BCUT2D eigenvalue weighted by Gasteiger charge is -2.08. The van der Waals surface area contributed by atoms with Crippen LogP contribution in [0.2, 0.25) is 0 Å². The van der Waals surface area contributed by atoms with Crippen LogP contribution in [-0.2, 0) is 11.8 Å². The Morgan fingerprint density at radius 3 is 2.47 bits per heavy atom. The number of hydrogen-bond donors (Lipinski definition) is 0. The molecule has 0 fully saturated rings. The van der Waals surface area contributed by atoms with Gasteiger partial charge in [-0.25, -0.2) is 9.48 Å². The van der Waals surface area contributed by atoms with Crippen molar-refractivity contribution in [2.45, 2.75) is 0 Å². The van der Waals surface area contributed by atoms with Crippen LogP contribution in [0.5, 0.6) is 0 Å². The quantitative estimate of drug-likeness (QED) is 0.725. The van der Waals surface area contributed by atoms with Gasteiger partial charge in [-0.1, -0.05) is 18.2 Å². The van der Waals surface area contributed by atoms with Gasteiger partial charge in [0, 0.05) is 13.1 Å². The molecular weight excluding hydrogens is 220 g/mol. The Balaban J connectivity index is 2.61. The minimum absolute atomic E-state index is 0.223.